The fraction of sp³-hybridized carbons (Fsp3) is 0.412. The van der Waals surface area contributed by atoms with Gasteiger partial charge in [-0.1, -0.05) is 12.1 Å². The quantitative estimate of drug-likeness (QED) is 0.311. The van der Waals surface area contributed by atoms with Crippen LogP contribution in [0.15, 0.2) is 38.5 Å². The summed E-state index contributed by atoms with van der Waals surface area (Å²) in [7, 11) is 0. The molecule has 0 spiro atoms. The molecule has 0 aliphatic carbocycles. The van der Waals surface area contributed by atoms with E-state index in [0.717, 1.165) is 10.8 Å². The first-order chi connectivity index (χ1) is 14.4. The maximum Gasteiger partial charge on any atom is 0.573 e. The predicted molar refractivity (Wildman–Crippen MR) is 117 cm³/mol. The lowest BCUT2D eigenvalue weighted by atomic mass is 10.3. The zero-order valence-corrected chi connectivity index (χ0v) is 21.5. The van der Waals surface area contributed by atoms with Crippen LogP contribution >= 0.6 is 47.8 Å². The molecule has 2 heterocycles. The van der Waals surface area contributed by atoms with Gasteiger partial charge in [0, 0.05) is 6.04 Å². The van der Waals surface area contributed by atoms with Crippen LogP contribution in [-0.4, -0.2) is 35.9 Å². The summed E-state index contributed by atoms with van der Waals surface area (Å²) in [4.78, 5) is 7.99. The van der Waals surface area contributed by atoms with Crippen molar-refractivity contribution in [1.82, 2.24) is 29.5 Å². The highest BCUT2D eigenvalue weighted by molar-refractivity contribution is 9.11. The fourth-order valence-corrected chi connectivity index (χ4v) is 3.70. The van der Waals surface area contributed by atoms with Gasteiger partial charge in [-0.25, -0.2) is 9.36 Å². The van der Waals surface area contributed by atoms with E-state index in [9.17, 15) is 13.2 Å². The number of hydrogen-bond acceptors (Lipinski definition) is 6. The third-order valence-corrected chi connectivity index (χ3v) is 4.60. The number of ether oxygens (including phenoxy) is 2. The number of benzene rings is 1. The van der Waals surface area contributed by atoms with Gasteiger partial charge in [0.1, 0.15) is 0 Å². The largest absolute Gasteiger partial charge is 0.573 e. The highest BCUT2D eigenvalue weighted by Crippen LogP contribution is 2.35. The number of rotatable bonds is 5. The first kappa shape index (κ1) is 25.6. The van der Waals surface area contributed by atoms with Crippen LogP contribution in [0.3, 0.4) is 0 Å². The molecule has 0 N–H and O–H groups in total. The zero-order valence-electron chi connectivity index (χ0n) is 16.7. The summed E-state index contributed by atoms with van der Waals surface area (Å²) >= 11 is 9.55. The van der Waals surface area contributed by atoms with Crippen molar-refractivity contribution >= 4 is 47.8 Å². The van der Waals surface area contributed by atoms with Crippen molar-refractivity contribution in [3.63, 3.8) is 0 Å². The Kier molecular flexibility index (Phi) is 8.89. The van der Waals surface area contributed by atoms with Gasteiger partial charge < -0.3 is 9.47 Å². The molecule has 0 saturated heterocycles. The number of halogens is 6. The standard InChI is InChI=1S/C12H11BrF3N3O2.C5H7Br2N3/c1-7(2)19-11(17-10(13)18-19)20-8-5-3-4-6-9(8)21-12(14,15)16;1-3(2)10-5(7)8-4(6)9-10/h3-7H,1-2H3;3H,1-2H3. The summed E-state index contributed by atoms with van der Waals surface area (Å²) in [5, 5.41) is 8.13. The number of alkyl halides is 3. The molecule has 0 radical (unpaired) electrons. The average Bonchev–Trinajstić information content (AvgIpc) is 3.17. The highest BCUT2D eigenvalue weighted by Gasteiger charge is 2.32. The number of aromatic nitrogens is 6. The van der Waals surface area contributed by atoms with Crippen LogP contribution in [0.25, 0.3) is 0 Å². The van der Waals surface area contributed by atoms with Gasteiger partial charge in [-0.2, -0.15) is 9.97 Å². The third-order valence-electron chi connectivity index (χ3n) is 3.39. The Bertz CT molecular complexity index is 1010. The van der Waals surface area contributed by atoms with Crippen LogP contribution in [0.2, 0.25) is 0 Å². The van der Waals surface area contributed by atoms with Crippen molar-refractivity contribution in [1.29, 1.82) is 0 Å². The molecule has 1 aromatic carbocycles. The predicted octanol–water partition coefficient (Wildman–Crippen LogP) is 6.70. The lowest BCUT2D eigenvalue weighted by Gasteiger charge is -2.14. The SMILES string of the molecule is CC(C)n1nc(Br)nc1Br.CC(C)n1nc(Br)nc1Oc1ccccc1OC(F)(F)F. The van der Waals surface area contributed by atoms with E-state index < -0.39 is 12.1 Å². The second-order valence-corrected chi connectivity index (χ2v) is 8.61. The van der Waals surface area contributed by atoms with E-state index in [1.54, 1.807) is 4.68 Å². The number of para-hydroxylation sites is 2. The van der Waals surface area contributed by atoms with Gasteiger partial charge in [0.2, 0.25) is 9.47 Å². The molecule has 0 bridgehead atoms. The van der Waals surface area contributed by atoms with Crippen molar-refractivity contribution in [2.24, 2.45) is 0 Å². The maximum atomic E-state index is 12.4. The molecule has 0 saturated carbocycles. The summed E-state index contributed by atoms with van der Waals surface area (Å²) in [6, 6.07) is 5.79. The Morgan fingerprint density at radius 3 is 1.81 bits per heavy atom. The molecular formula is C17H18Br3F3N6O2. The third kappa shape index (κ3) is 7.75. The molecule has 14 heteroatoms. The van der Waals surface area contributed by atoms with Gasteiger partial charge in [-0.3, -0.25) is 0 Å². The van der Waals surface area contributed by atoms with Crippen LogP contribution in [0.5, 0.6) is 17.5 Å². The van der Waals surface area contributed by atoms with E-state index >= 15 is 0 Å². The van der Waals surface area contributed by atoms with E-state index in [4.69, 9.17) is 4.74 Å². The van der Waals surface area contributed by atoms with Gasteiger partial charge in [0.25, 0.3) is 0 Å². The lowest BCUT2D eigenvalue weighted by Crippen LogP contribution is -2.17. The average molecular weight is 635 g/mol. The summed E-state index contributed by atoms with van der Waals surface area (Å²) in [5.74, 6) is -0.545. The smallest absolute Gasteiger partial charge is 0.420 e. The van der Waals surface area contributed by atoms with Gasteiger partial charge in [0.15, 0.2) is 16.2 Å². The van der Waals surface area contributed by atoms with Crippen LogP contribution in [-0.2, 0) is 0 Å². The molecule has 31 heavy (non-hydrogen) atoms. The van der Waals surface area contributed by atoms with E-state index in [-0.39, 0.29) is 22.5 Å². The van der Waals surface area contributed by atoms with E-state index in [2.05, 4.69) is 72.7 Å². The minimum absolute atomic E-state index is 0.0649. The van der Waals surface area contributed by atoms with Crippen LogP contribution < -0.4 is 9.47 Å². The van der Waals surface area contributed by atoms with E-state index in [1.165, 1.54) is 22.9 Å². The Morgan fingerprint density at radius 2 is 1.35 bits per heavy atom. The van der Waals surface area contributed by atoms with Gasteiger partial charge in [-0.05, 0) is 87.6 Å². The van der Waals surface area contributed by atoms with Gasteiger partial charge in [0.05, 0.1) is 6.04 Å². The molecule has 0 aliphatic rings. The minimum Gasteiger partial charge on any atom is -0.420 e. The van der Waals surface area contributed by atoms with E-state index in [0.29, 0.717) is 10.8 Å². The molecule has 0 atom stereocenters. The van der Waals surface area contributed by atoms with Crippen molar-refractivity contribution in [3.05, 3.63) is 38.5 Å². The zero-order chi connectivity index (χ0) is 23.3. The van der Waals surface area contributed by atoms with Crippen LogP contribution in [0, 0.1) is 0 Å². The van der Waals surface area contributed by atoms with Gasteiger partial charge in [-0.15, -0.1) is 23.4 Å². The van der Waals surface area contributed by atoms with Gasteiger partial charge >= 0.3 is 12.4 Å². The Labute approximate surface area is 201 Å². The molecule has 3 aromatic rings. The Morgan fingerprint density at radius 1 is 0.839 bits per heavy atom. The second-order valence-electron chi connectivity index (χ2n) is 6.49. The van der Waals surface area contributed by atoms with Crippen molar-refractivity contribution in [2.45, 2.75) is 46.1 Å². The summed E-state index contributed by atoms with van der Waals surface area (Å²) in [6.07, 6.45) is -4.80. The maximum absolute atomic E-state index is 12.4. The first-order valence-corrected chi connectivity index (χ1v) is 11.2. The Balaban J connectivity index is 0.000000285. The van der Waals surface area contributed by atoms with Crippen LogP contribution in [0.4, 0.5) is 13.2 Å². The number of hydrogen-bond donors (Lipinski definition) is 0. The molecule has 2 aromatic heterocycles. The first-order valence-electron chi connectivity index (χ1n) is 8.79. The van der Waals surface area contributed by atoms with Crippen molar-refractivity contribution < 1.29 is 22.6 Å². The van der Waals surface area contributed by atoms with E-state index in [1.807, 2.05) is 27.7 Å². The summed E-state index contributed by atoms with van der Waals surface area (Å²) in [6.45, 7) is 7.77. The normalized spacial score (nSPS) is 11.5. The van der Waals surface area contributed by atoms with Crippen molar-refractivity contribution in [3.8, 4) is 17.5 Å². The highest BCUT2D eigenvalue weighted by atomic mass is 79.9. The van der Waals surface area contributed by atoms with Crippen LogP contribution in [0.1, 0.15) is 39.8 Å². The summed E-state index contributed by atoms with van der Waals surface area (Å²) in [5.41, 5.74) is 0. The molecular weight excluding hydrogens is 617 g/mol. The lowest BCUT2D eigenvalue weighted by molar-refractivity contribution is -0.275. The second kappa shape index (κ2) is 10.8. The molecule has 0 fully saturated rings. The topological polar surface area (TPSA) is 79.9 Å². The molecule has 0 amide bonds. The minimum atomic E-state index is -4.80. The molecule has 0 aliphatic heterocycles. The fourth-order valence-electron chi connectivity index (χ4n) is 2.14. The molecule has 3 rings (SSSR count). The summed E-state index contributed by atoms with van der Waals surface area (Å²) < 4.78 is 51.3. The Hall–Kier alpha value is -1.67. The molecule has 0 unspecified atom stereocenters. The molecule has 170 valence electrons. The van der Waals surface area contributed by atoms with Crippen molar-refractivity contribution in [2.75, 3.05) is 0 Å². The molecule has 8 nitrogen and oxygen atoms in total. The number of nitrogens with zero attached hydrogens (tertiary/aromatic N) is 6. The monoisotopic (exact) mass is 632 g/mol.